The van der Waals surface area contributed by atoms with Crippen LogP contribution in [0.15, 0.2) is 30.3 Å². The maximum absolute atomic E-state index is 12.2. The quantitative estimate of drug-likeness (QED) is 0.776. The highest BCUT2D eigenvalue weighted by Gasteiger charge is 2.28. The van der Waals surface area contributed by atoms with E-state index in [-0.39, 0.29) is 23.8 Å². The molecule has 1 atom stereocenters. The largest absolute Gasteiger partial charge is 0.305 e. The molecule has 0 aliphatic heterocycles. The molecule has 1 N–H and O–H groups in total. The van der Waals surface area contributed by atoms with Crippen molar-refractivity contribution in [1.82, 2.24) is 9.62 Å². The van der Waals surface area contributed by atoms with Gasteiger partial charge in [-0.3, -0.25) is 4.79 Å². The third kappa shape index (κ3) is 5.87. The van der Waals surface area contributed by atoms with E-state index in [4.69, 9.17) is 0 Å². The molecule has 22 heavy (non-hydrogen) atoms. The number of nitrogens with one attached hydrogen (secondary N) is 1. The molecule has 0 saturated heterocycles. The van der Waals surface area contributed by atoms with E-state index < -0.39 is 10.0 Å². The first-order valence-electron chi connectivity index (χ1n) is 7.25. The number of ketones is 1. The van der Waals surface area contributed by atoms with Crippen molar-refractivity contribution < 1.29 is 13.2 Å². The van der Waals surface area contributed by atoms with E-state index in [1.54, 1.807) is 19.2 Å². The predicted molar refractivity (Wildman–Crippen MR) is 89.5 cm³/mol. The second-order valence-electron chi connectivity index (χ2n) is 6.63. The highest BCUT2D eigenvalue weighted by atomic mass is 32.2. The van der Waals surface area contributed by atoms with Crippen molar-refractivity contribution in [2.45, 2.75) is 26.8 Å². The van der Waals surface area contributed by atoms with Crippen molar-refractivity contribution in [2.75, 3.05) is 26.4 Å². The molecule has 1 aromatic rings. The SMILES string of the molecule is CN(C[C@@H](NCC(=O)c1ccccc1)C(C)(C)C)S(C)(=O)=O. The highest BCUT2D eigenvalue weighted by Crippen LogP contribution is 2.20. The predicted octanol–water partition coefficient (Wildman–Crippen LogP) is 1.76. The molecule has 0 aromatic heterocycles. The lowest BCUT2D eigenvalue weighted by Crippen LogP contribution is -2.50. The average molecular weight is 326 g/mol. The molecule has 0 fully saturated rings. The van der Waals surface area contributed by atoms with Crippen LogP contribution in [0.25, 0.3) is 0 Å². The Kier molecular flexibility index (Phi) is 6.28. The minimum absolute atomic E-state index is 0.00291. The summed E-state index contributed by atoms with van der Waals surface area (Å²) in [6, 6.07) is 8.94. The molecular weight excluding hydrogens is 300 g/mol. The van der Waals surface area contributed by atoms with Gasteiger partial charge in [-0.1, -0.05) is 51.1 Å². The van der Waals surface area contributed by atoms with Gasteiger partial charge in [-0.05, 0) is 5.41 Å². The van der Waals surface area contributed by atoms with Crippen LogP contribution in [-0.4, -0.2) is 50.9 Å². The Labute approximate surface area is 133 Å². The number of carbonyl (C=O) groups is 1. The minimum atomic E-state index is -3.24. The normalized spacial score (nSPS) is 14.1. The zero-order valence-electron chi connectivity index (χ0n) is 14.0. The number of carbonyl (C=O) groups excluding carboxylic acids is 1. The lowest BCUT2D eigenvalue weighted by atomic mass is 9.86. The van der Waals surface area contributed by atoms with Gasteiger partial charge in [0.2, 0.25) is 10.0 Å². The molecule has 6 heteroatoms. The van der Waals surface area contributed by atoms with Crippen molar-refractivity contribution in [3.63, 3.8) is 0 Å². The van der Waals surface area contributed by atoms with Crippen LogP contribution in [0.1, 0.15) is 31.1 Å². The number of benzene rings is 1. The van der Waals surface area contributed by atoms with E-state index >= 15 is 0 Å². The molecule has 1 aromatic carbocycles. The van der Waals surface area contributed by atoms with Crippen LogP contribution in [0.2, 0.25) is 0 Å². The minimum Gasteiger partial charge on any atom is -0.305 e. The van der Waals surface area contributed by atoms with Gasteiger partial charge in [0, 0.05) is 25.2 Å². The second kappa shape index (κ2) is 7.35. The molecule has 0 amide bonds. The third-order valence-corrected chi connectivity index (χ3v) is 4.94. The van der Waals surface area contributed by atoms with Crippen LogP contribution in [0.5, 0.6) is 0 Å². The van der Waals surface area contributed by atoms with Gasteiger partial charge in [0.15, 0.2) is 5.78 Å². The number of hydrogen-bond donors (Lipinski definition) is 1. The number of likely N-dealkylation sites (N-methyl/N-ethyl adjacent to an activating group) is 1. The van der Waals surface area contributed by atoms with Crippen molar-refractivity contribution in [3.8, 4) is 0 Å². The lowest BCUT2D eigenvalue weighted by molar-refractivity contribution is 0.0976. The first-order valence-corrected chi connectivity index (χ1v) is 9.09. The van der Waals surface area contributed by atoms with Crippen LogP contribution in [0, 0.1) is 5.41 Å². The Bertz CT molecular complexity index is 592. The first-order chi connectivity index (χ1) is 10.0. The van der Waals surface area contributed by atoms with Crippen LogP contribution >= 0.6 is 0 Å². The van der Waals surface area contributed by atoms with Crippen molar-refractivity contribution in [3.05, 3.63) is 35.9 Å². The van der Waals surface area contributed by atoms with Crippen molar-refractivity contribution in [2.24, 2.45) is 5.41 Å². The summed E-state index contributed by atoms with van der Waals surface area (Å²) < 4.78 is 24.5. The zero-order valence-corrected chi connectivity index (χ0v) is 14.8. The van der Waals surface area contributed by atoms with Crippen LogP contribution in [-0.2, 0) is 10.0 Å². The van der Waals surface area contributed by atoms with Gasteiger partial charge in [-0.15, -0.1) is 0 Å². The maximum Gasteiger partial charge on any atom is 0.211 e. The Morgan fingerprint density at radius 1 is 1.23 bits per heavy atom. The summed E-state index contributed by atoms with van der Waals surface area (Å²) in [7, 11) is -1.69. The fourth-order valence-corrected chi connectivity index (χ4v) is 2.40. The lowest BCUT2D eigenvalue weighted by Gasteiger charge is -2.34. The van der Waals surface area contributed by atoms with Gasteiger partial charge in [-0.25, -0.2) is 12.7 Å². The van der Waals surface area contributed by atoms with Crippen LogP contribution < -0.4 is 5.32 Å². The summed E-state index contributed by atoms with van der Waals surface area (Å²) in [6.07, 6.45) is 1.18. The Morgan fingerprint density at radius 3 is 2.23 bits per heavy atom. The van der Waals surface area contributed by atoms with Crippen molar-refractivity contribution in [1.29, 1.82) is 0 Å². The van der Waals surface area contributed by atoms with Gasteiger partial charge in [0.1, 0.15) is 0 Å². The number of Topliss-reactive ketones (excluding diaryl/α,β-unsaturated/α-hetero) is 1. The molecular formula is C16H26N2O3S. The Morgan fingerprint density at radius 2 is 1.77 bits per heavy atom. The van der Waals surface area contributed by atoms with E-state index in [1.807, 2.05) is 39.0 Å². The summed E-state index contributed by atoms with van der Waals surface area (Å²) >= 11 is 0. The van der Waals surface area contributed by atoms with E-state index in [0.717, 1.165) is 0 Å². The second-order valence-corrected chi connectivity index (χ2v) is 8.72. The summed E-state index contributed by atoms with van der Waals surface area (Å²) in [5.74, 6) is -0.00291. The molecule has 0 aliphatic carbocycles. The molecule has 1 rings (SSSR count). The highest BCUT2D eigenvalue weighted by molar-refractivity contribution is 7.88. The third-order valence-electron chi connectivity index (χ3n) is 3.66. The Hall–Kier alpha value is -1.24. The van der Waals surface area contributed by atoms with Crippen LogP contribution in [0.4, 0.5) is 0 Å². The molecule has 124 valence electrons. The van der Waals surface area contributed by atoms with Gasteiger partial charge < -0.3 is 5.32 Å². The molecule has 0 heterocycles. The van der Waals surface area contributed by atoms with Gasteiger partial charge in [0.05, 0.1) is 12.8 Å². The zero-order chi connectivity index (χ0) is 17.0. The fraction of sp³-hybridized carbons (Fsp3) is 0.562. The van der Waals surface area contributed by atoms with Crippen LogP contribution in [0.3, 0.4) is 0 Å². The molecule has 0 aliphatic rings. The average Bonchev–Trinajstić information content (AvgIpc) is 2.41. The molecule has 5 nitrogen and oxygen atoms in total. The van der Waals surface area contributed by atoms with Gasteiger partial charge in [-0.2, -0.15) is 0 Å². The number of nitrogens with zero attached hydrogens (tertiary/aromatic N) is 1. The number of sulfonamides is 1. The van der Waals surface area contributed by atoms with E-state index in [1.165, 1.54) is 10.6 Å². The topological polar surface area (TPSA) is 66.5 Å². The first kappa shape index (κ1) is 18.8. The smallest absolute Gasteiger partial charge is 0.211 e. The molecule has 0 spiro atoms. The summed E-state index contributed by atoms with van der Waals surface area (Å²) in [4.78, 5) is 12.2. The van der Waals surface area contributed by atoms with E-state index in [2.05, 4.69) is 5.32 Å². The fourth-order valence-electron chi connectivity index (χ4n) is 1.98. The van der Waals surface area contributed by atoms with E-state index in [0.29, 0.717) is 12.1 Å². The van der Waals surface area contributed by atoms with E-state index in [9.17, 15) is 13.2 Å². The summed E-state index contributed by atoms with van der Waals surface area (Å²) in [5.41, 5.74) is 0.481. The monoisotopic (exact) mass is 326 g/mol. The van der Waals surface area contributed by atoms with Gasteiger partial charge in [0.25, 0.3) is 0 Å². The Balaban J connectivity index is 2.73. The summed E-state index contributed by atoms with van der Waals surface area (Å²) in [5, 5.41) is 3.21. The molecule has 0 radical (unpaired) electrons. The molecule has 0 bridgehead atoms. The van der Waals surface area contributed by atoms with Gasteiger partial charge >= 0.3 is 0 Å². The maximum atomic E-state index is 12.2. The number of hydrogen-bond acceptors (Lipinski definition) is 4. The molecule has 0 saturated carbocycles. The molecule has 0 unspecified atom stereocenters. The number of rotatable bonds is 7. The van der Waals surface area contributed by atoms with Crippen molar-refractivity contribution >= 4 is 15.8 Å². The summed E-state index contributed by atoms with van der Waals surface area (Å²) in [6.45, 7) is 6.57. The standard InChI is InChI=1S/C16H26N2O3S/c1-16(2,3)15(12-18(4)22(5,20)21)17-11-14(19)13-9-7-6-8-10-13/h6-10,15,17H,11-12H2,1-5H3/t15-/m1/s1.